The number of aryl methyl sites for hydroxylation is 1. The van der Waals surface area contributed by atoms with Crippen LogP contribution in [0.4, 0.5) is 0 Å². The van der Waals surface area contributed by atoms with Gasteiger partial charge in [-0.1, -0.05) is 17.7 Å². The molecule has 1 heterocycles. The predicted octanol–water partition coefficient (Wildman–Crippen LogP) is 4.13. The van der Waals surface area contributed by atoms with Crippen LogP contribution < -0.4 is 10.1 Å². The quantitative estimate of drug-likeness (QED) is 0.709. The van der Waals surface area contributed by atoms with Crippen molar-refractivity contribution >= 4 is 27.3 Å². The lowest BCUT2D eigenvalue weighted by Gasteiger charge is -2.12. The smallest absolute Gasteiger partial charge is 0.124 e. The molecule has 1 N–H and O–H groups in total. The SMILES string of the molecule is COCCNCc1cc(C)ccc1OCc1ccc(Br)s1. The van der Waals surface area contributed by atoms with Crippen LogP contribution in [-0.4, -0.2) is 20.3 Å². The molecule has 2 rings (SSSR count). The van der Waals surface area contributed by atoms with Gasteiger partial charge in [0.05, 0.1) is 10.4 Å². The molecular formula is C16H20BrNO2S. The van der Waals surface area contributed by atoms with E-state index in [1.165, 1.54) is 16.0 Å². The summed E-state index contributed by atoms with van der Waals surface area (Å²) in [5.74, 6) is 0.940. The molecule has 1 aromatic heterocycles. The van der Waals surface area contributed by atoms with Gasteiger partial charge in [-0.25, -0.2) is 0 Å². The Bertz CT molecular complexity index is 571. The van der Waals surface area contributed by atoms with Crippen molar-refractivity contribution in [2.75, 3.05) is 20.3 Å². The molecule has 0 aliphatic carbocycles. The fourth-order valence-corrected chi connectivity index (χ4v) is 3.36. The standard InChI is InChI=1S/C16H20BrNO2S/c1-12-3-5-15(13(9-12)10-18-7-8-19-2)20-11-14-4-6-16(17)21-14/h3-6,9,18H,7-8,10-11H2,1-2H3. The van der Waals surface area contributed by atoms with E-state index in [0.29, 0.717) is 13.2 Å². The van der Waals surface area contributed by atoms with Gasteiger partial charge >= 0.3 is 0 Å². The third-order valence-corrected chi connectivity index (χ3v) is 4.61. The molecule has 0 aliphatic heterocycles. The van der Waals surface area contributed by atoms with Crippen molar-refractivity contribution in [2.45, 2.75) is 20.1 Å². The van der Waals surface area contributed by atoms with Gasteiger partial charge in [-0.3, -0.25) is 0 Å². The topological polar surface area (TPSA) is 30.5 Å². The van der Waals surface area contributed by atoms with E-state index in [-0.39, 0.29) is 0 Å². The summed E-state index contributed by atoms with van der Waals surface area (Å²) in [4.78, 5) is 1.21. The normalized spacial score (nSPS) is 10.8. The number of ether oxygens (including phenoxy) is 2. The van der Waals surface area contributed by atoms with E-state index in [2.05, 4.69) is 46.4 Å². The third-order valence-electron chi connectivity index (χ3n) is 3.01. The van der Waals surface area contributed by atoms with Crippen LogP contribution in [0.3, 0.4) is 0 Å². The number of hydrogen-bond donors (Lipinski definition) is 1. The molecular weight excluding hydrogens is 350 g/mol. The van der Waals surface area contributed by atoms with Crippen molar-refractivity contribution in [1.82, 2.24) is 5.32 Å². The number of halogens is 1. The maximum Gasteiger partial charge on any atom is 0.124 e. The van der Waals surface area contributed by atoms with Crippen LogP contribution in [0.1, 0.15) is 16.0 Å². The molecule has 0 saturated heterocycles. The van der Waals surface area contributed by atoms with E-state index in [1.54, 1.807) is 18.4 Å². The molecule has 3 nitrogen and oxygen atoms in total. The Morgan fingerprint density at radius 3 is 2.81 bits per heavy atom. The van der Waals surface area contributed by atoms with Crippen molar-refractivity contribution in [3.05, 3.63) is 50.1 Å². The van der Waals surface area contributed by atoms with Crippen LogP contribution >= 0.6 is 27.3 Å². The summed E-state index contributed by atoms with van der Waals surface area (Å²) >= 11 is 5.17. The maximum absolute atomic E-state index is 5.97. The van der Waals surface area contributed by atoms with Crippen LogP contribution in [0.25, 0.3) is 0 Å². The monoisotopic (exact) mass is 369 g/mol. The Kier molecular flexibility index (Phi) is 6.70. The number of rotatable bonds is 8. The van der Waals surface area contributed by atoms with E-state index in [0.717, 1.165) is 22.6 Å². The summed E-state index contributed by atoms with van der Waals surface area (Å²) in [5, 5.41) is 3.36. The highest BCUT2D eigenvalue weighted by atomic mass is 79.9. The molecule has 0 saturated carbocycles. The van der Waals surface area contributed by atoms with Gasteiger partial charge < -0.3 is 14.8 Å². The van der Waals surface area contributed by atoms with Crippen LogP contribution in [-0.2, 0) is 17.9 Å². The van der Waals surface area contributed by atoms with Crippen molar-refractivity contribution in [3.8, 4) is 5.75 Å². The Hall–Kier alpha value is -0.880. The van der Waals surface area contributed by atoms with Crippen LogP contribution in [0.15, 0.2) is 34.1 Å². The highest BCUT2D eigenvalue weighted by Gasteiger charge is 2.06. The molecule has 1 aromatic carbocycles. The summed E-state index contributed by atoms with van der Waals surface area (Å²) in [6.07, 6.45) is 0. The first-order valence-corrected chi connectivity index (χ1v) is 8.46. The van der Waals surface area contributed by atoms with Crippen molar-refractivity contribution in [1.29, 1.82) is 0 Å². The molecule has 21 heavy (non-hydrogen) atoms. The average Bonchev–Trinajstić information content (AvgIpc) is 2.88. The summed E-state index contributed by atoms with van der Waals surface area (Å²) in [7, 11) is 1.71. The molecule has 0 unspecified atom stereocenters. The highest BCUT2D eigenvalue weighted by Crippen LogP contribution is 2.25. The minimum atomic E-state index is 0.602. The van der Waals surface area contributed by atoms with Gasteiger partial charge in [0, 0.05) is 30.6 Å². The van der Waals surface area contributed by atoms with Gasteiger partial charge in [0.15, 0.2) is 0 Å². The van der Waals surface area contributed by atoms with E-state index in [9.17, 15) is 0 Å². The molecule has 2 aromatic rings. The van der Waals surface area contributed by atoms with E-state index < -0.39 is 0 Å². The van der Waals surface area contributed by atoms with Crippen LogP contribution in [0.5, 0.6) is 5.75 Å². The molecule has 0 amide bonds. The van der Waals surface area contributed by atoms with Gasteiger partial charge in [-0.2, -0.15) is 0 Å². The van der Waals surface area contributed by atoms with E-state index >= 15 is 0 Å². The second-order valence-electron chi connectivity index (χ2n) is 4.78. The summed E-state index contributed by atoms with van der Waals surface area (Å²) < 4.78 is 12.1. The van der Waals surface area contributed by atoms with E-state index in [4.69, 9.17) is 9.47 Å². The Balaban J connectivity index is 1.97. The third kappa shape index (κ3) is 5.43. The fraction of sp³-hybridized carbons (Fsp3) is 0.375. The predicted molar refractivity (Wildman–Crippen MR) is 91.1 cm³/mol. The highest BCUT2D eigenvalue weighted by molar-refractivity contribution is 9.11. The largest absolute Gasteiger partial charge is 0.488 e. The lowest BCUT2D eigenvalue weighted by atomic mass is 10.1. The lowest BCUT2D eigenvalue weighted by molar-refractivity contribution is 0.199. The second kappa shape index (κ2) is 8.54. The van der Waals surface area contributed by atoms with Crippen molar-refractivity contribution < 1.29 is 9.47 Å². The van der Waals surface area contributed by atoms with Crippen molar-refractivity contribution in [3.63, 3.8) is 0 Å². The first-order chi connectivity index (χ1) is 10.2. The zero-order valence-electron chi connectivity index (χ0n) is 12.3. The summed E-state index contributed by atoms with van der Waals surface area (Å²) in [6.45, 7) is 5.03. The number of methoxy groups -OCH3 is 1. The van der Waals surface area contributed by atoms with Gasteiger partial charge in [0.1, 0.15) is 12.4 Å². The molecule has 0 bridgehead atoms. The van der Waals surface area contributed by atoms with Gasteiger partial charge in [-0.15, -0.1) is 11.3 Å². The zero-order valence-corrected chi connectivity index (χ0v) is 14.7. The van der Waals surface area contributed by atoms with Crippen LogP contribution in [0.2, 0.25) is 0 Å². The number of nitrogens with one attached hydrogen (secondary N) is 1. The second-order valence-corrected chi connectivity index (χ2v) is 7.32. The van der Waals surface area contributed by atoms with Crippen molar-refractivity contribution in [2.24, 2.45) is 0 Å². The van der Waals surface area contributed by atoms with Gasteiger partial charge in [0.25, 0.3) is 0 Å². The first kappa shape index (κ1) is 16.5. The first-order valence-electron chi connectivity index (χ1n) is 6.85. The lowest BCUT2D eigenvalue weighted by Crippen LogP contribution is -2.19. The molecule has 0 aliphatic rings. The van der Waals surface area contributed by atoms with E-state index in [1.807, 2.05) is 12.1 Å². The number of hydrogen-bond acceptors (Lipinski definition) is 4. The molecule has 0 fully saturated rings. The molecule has 114 valence electrons. The summed E-state index contributed by atoms with van der Waals surface area (Å²) in [5.41, 5.74) is 2.42. The Morgan fingerprint density at radius 2 is 2.10 bits per heavy atom. The van der Waals surface area contributed by atoms with Crippen LogP contribution in [0, 0.1) is 6.92 Å². The van der Waals surface area contributed by atoms with Gasteiger partial charge in [-0.05, 0) is 41.1 Å². The minimum Gasteiger partial charge on any atom is -0.488 e. The zero-order chi connectivity index (χ0) is 15.1. The van der Waals surface area contributed by atoms with Gasteiger partial charge in [0.2, 0.25) is 0 Å². The number of thiophene rings is 1. The molecule has 0 spiro atoms. The fourth-order valence-electron chi connectivity index (χ4n) is 1.96. The molecule has 5 heteroatoms. The maximum atomic E-state index is 5.97. The minimum absolute atomic E-state index is 0.602. The number of benzene rings is 1. The Labute approximate surface area is 138 Å². The molecule has 0 radical (unpaired) electrons. The Morgan fingerprint density at radius 1 is 1.24 bits per heavy atom. The summed E-state index contributed by atoms with van der Waals surface area (Å²) in [6, 6.07) is 10.4. The molecule has 0 atom stereocenters. The average molecular weight is 370 g/mol.